The highest BCUT2D eigenvalue weighted by atomic mass is 16.6. The second-order valence-electron chi connectivity index (χ2n) is 4.78. The third kappa shape index (κ3) is 1.69. The Bertz CT molecular complexity index is 568. The van der Waals surface area contributed by atoms with Crippen molar-refractivity contribution in [1.82, 2.24) is 10.3 Å². The lowest BCUT2D eigenvalue weighted by Gasteiger charge is -2.38. The van der Waals surface area contributed by atoms with E-state index >= 15 is 0 Å². The quantitative estimate of drug-likeness (QED) is 0.769. The maximum Gasteiger partial charge on any atom is 0.160 e. The van der Waals surface area contributed by atoms with Crippen LogP contribution in [0.1, 0.15) is 13.8 Å². The minimum atomic E-state index is 0.202. The highest BCUT2D eigenvalue weighted by molar-refractivity contribution is 5.95. The summed E-state index contributed by atoms with van der Waals surface area (Å²) in [6.07, 6.45) is 0.202. The van der Waals surface area contributed by atoms with Gasteiger partial charge in [-0.25, -0.2) is 4.63 Å². The molecular weight excluding hydrogens is 232 g/mol. The molecule has 0 radical (unpaired) electrons. The normalized spacial score (nSPS) is 24.7. The minimum absolute atomic E-state index is 0.202. The van der Waals surface area contributed by atoms with Gasteiger partial charge in [0.15, 0.2) is 11.0 Å². The van der Waals surface area contributed by atoms with E-state index in [4.69, 9.17) is 15.1 Å². The van der Waals surface area contributed by atoms with Gasteiger partial charge in [0.25, 0.3) is 0 Å². The Morgan fingerprint density at radius 1 is 1.28 bits per heavy atom. The fraction of sp³-hybridized carbons (Fsp3) is 0.500. The molecule has 18 heavy (non-hydrogen) atoms. The van der Waals surface area contributed by atoms with E-state index < -0.39 is 0 Å². The molecule has 2 N–H and O–H groups in total. The summed E-state index contributed by atoms with van der Waals surface area (Å²) < 4.78 is 10.4. The monoisotopic (exact) mass is 248 g/mol. The molecule has 1 aliphatic rings. The van der Waals surface area contributed by atoms with Crippen LogP contribution in [0, 0.1) is 0 Å². The molecule has 1 fully saturated rings. The van der Waals surface area contributed by atoms with Gasteiger partial charge in [0.05, 0.1) is 24.1 Å². The molecular formula is C12H16N4O2. The van der Waals surface area contributed by atoms with E-state index in [2.05, 4.69) is 29.1 Å². The predicted octanol–water partition coefficient (Wildman–Crippen LogP) is 1.42. The highest BCUT2D eigenvalue weighted by Crippen LogP contribution is 2.31. The first kappa shape index (κ1) is 11.3. The number of rotatable bonds is 1. The van der Waals surface area contributed by atoms with E-state index in [-0.39, 0.29) is 6.10 Å². The summed E-state index contributed by atoms with van der Waals surface area (Å²) in [5.74, 6) is 0. The molecule has 0 spiro atoms. The van der Waals surface area contributed by atoms with Crippen LogP contribution in [0.5, 0.6) is 0 Å². The lowest BCUT2D eigenvalue weighted by atomic mass is 10.1. The molecule has 2 aromatic rings. The van der Waals surface area contributed by atoms with Crippen LogP contribution in [-0.2, 0) is 4.74 Å². The maximum atomic E-state index is 5.86. The second kappa shape index (κ2) is 4.13. The third-order valence-corrected chi connectivity index (χ3v) is 3.34. The van der Waals surface area contributed by atoms with Gasteiger partial charge in [-0.05, 0) is 36.3 Å². The Labute approximate surface area is 105 Å². The third-order valence-electron chi connectivity index (χ3n) is 3.34. The summed E-state index contributed by atoms with van der Waals surface area (Å²) in [4.78, 5) is 2.26. The van der Waals surface area contributed by atoms with Crippen molar-refractivity contribution < 1.29 is 9.37 Å². The number of nitrogens with zero attached hydrogens (tertiary/aromatic N) is 3. The van der Waals surface area contributed by atoms with Gasteiger partial charge in [-0.15, -0.1) is 0 Å². The van der Waals surface area contributed by atoms with Gasteiger partial charge < -0.3 is 15.4 Å². The van der Waals surface area contributed by atoms with E-state index in [1.54, 1.807) is 0 Å². The summed E-state index contributed by atoms with van der Waals surface area (Å²) in [7, 11) is 0. The van der Waals surface area contributed by atoms with E-state index in [1.165, 1.54) is 0 Å². The van der Waals surface area contributed by atoms with Crippen LogP contribution in [0.3, 0.4) is 0 Å². The topological polar surface area (TPSA) is 77.4 Å². The predicted molar refractivity (Wildman–Crippen MR) is 68.4 cm³/mol. The number of hydrogen-bond acceptors (Lipinski definition) is 6. The van der Waals surface area contributed by atoms with E-state index in [1.807, 2.05) is 12.1 Å². The minimum Gasteiger partial charge on any atom is -0.397 e. The number of hydrogen-bond donors (Lipinski definition) is 1. The van der Waals surface area contributed by atoms with E-state index in [9.17, 15) is 0 Å². The Morgan fingerprint density at radius 3 is 2.89 bits per heavy atom. The van der Waals surface area contributed by atoms with Crippen LogP contribution in [-0.4, -0.2) is 35.6 Å². The molecule has 6 heteroatoms. The fourth-order valence-corrected chi connectivity index (χ4v) is 2.34. The van der Waals surface area contributed by atoms with Crippen molar-refractivity contribution in [2.75, 3.05) is 23.8 Å². The lowest BCUT2D eigenvalue weighted by molar-refractivity contribution is 0.0345. The van der Waals surface area contributed by atoms with Crippen molar-refractivity contribution in [1.29, 1.82) is 0 Å². The summed E-state index contributed by atoms with van der Waals surface area (Å²) >= 11 is 0. The summed E-state index contributed by atoms with van der Waals surface area (Å²) in [5.41, 5.74) is 8.79. The zero-order chi connectivity index (χ0) is 12.7. The Kier molecular flexibility index (Phi) is 2.59. The number of fused-ring (bicyclic) bond motifs is 1. The Hall–Kier alpha value is -1.82. The average Bonchev–Trinajstić information content (AvgIpc) is 2.83. The molecule has 2 unspecified atom stereocenters. The van der Waals surface area contributed by atoms with Gasteiger partial charge in [-0.1, -0.05) is 0 Å². The van der Waals surface area contributed by atoms with Gasteiger partial charge in [0.1, 0.15) is 0 Å². The number of nitrogen functional groups attached to an aromatic ring is 1. The number of anilines is 2. The van der Waals surface area contributed by atoms with Gasteiger partial charge in [-0.3, -0.25) is 0 Å². The Morgan fingerprint density at radius 2 is 2.06 bits per heavy atom. The van der Waals surface area contributed by atoms with Gasteiger partial charge >= 0.3 is 0 Å². The van der Waals surface area contributed by atoms with Crippen LogP contribution in [0.2, 0.25) is 0 Å². The molecule has 6 nitrogen and oxygen atoms in total. The van der Waals surface area contributed by atoms with Crippen LogP contribution in [0.4, 0.5) is 11.4 Å². The first-order valence-corrected chi connectivity index (χ1v) is 6.06. The van der Waals surface area contributed by atoms with Crippen LogP contribution in [0.25, 0.3) is 11.0 Å². The maximum absolute atomic E-state index is 5.86. The SMILES string of the molecule is CC1CN(c2ccc(N)c3nonc23)C(C)CO1. The summed E-state index contributed by atoms with van der Waals surface area (Å²) in [6.45, 7) is 5.72. The first-order valence-electron chi connectivity index (χ1n) is 6.06. The smallest absolute Gasteiger partial charge is 0.160 e. The van der Waals surface area contributed by atoms with Crippen LogP contribution < -0.4 is 10.6 Å². The molecule has 1 saturated heterocycles. The molecule has 0 saturated carbocycles. The number of benzene rings is 1. The molecule has 0 aliphatic carbocycles. The molecule has 3 rings (SSSR count). The van der Waals surface area contributed by atoms with Gasteiger partial charge in [0.2, 0.25) is 0 Å². The molecule has 2 heterocycles. The zero-order valence-corrected chi connectivity index (χ0v) is 10.5. The molecule has 0 bridgehead atoms. The molecule has 1 aliphatic heterocycles. The van der Waals surface area contributed by atoms with Crippen molar-refractivity contribution in [2.24, 2.45) is 0 Å². The van der Waals surface area contributed by atoms with E-state index in [0.717, 1.165) is 17.7 Å². The van der Waals surface area contributed by atoms with Crippen molar-refractivity contribution in [3.63, 3.8) is 0 Å². The number of nitrogens with two attached hydrogens (primary N) is 1. The fourth-order valence-electron chi connectivity index (χ4n) is 2.34. The van der Waals surface area contributed by atoms with Crippen LogP contribution >= 0.6 is 0 Å². The number of ether oxygens (including phenoxy) is 1. The van der Waals surface area contributed by atoms with Crippen molar-refractivity contribution >= 4 is 22.4 Å². The summed E-state index contributed by atoms with van der Waals surface area (Å²) in [5, 5.41) is 7.81. The standard InChI is InChI=1S/C12H16N4O2/c1-7-6-17-8(2)5-16(7)10-4-3-9(13)11-12(10)15-18-14-11/h3-4,7-8H,5-6,13H2,1-2H3. The lowest BCUT2D eigenvalue weighted by Crippen LogP contribution is -2.47. The Balaban J connectivity index is 2.08. The molecule has 96 valence electrons. The highest BCUT2D eigenvalue weighted by Gasteiger charge is 2.26. The largest absolute Gasteiger partial charge is 0.397 e. The van der Waals surface area contributed by atoms with Crippen molar-refractivity contribution in [3.05, 3.63) is 12.1 Å². The van der Waals surface area contributed by atoms with E-state index in [0.29, 0.717) is 23.9 Å². The molecule has 1 aromatic heterocycles. The van der Waals surface area contributed by atoms with Crippen LogP contribution in [0.15, 0.2) is 16.8 Å². The number of aromatic nitrogens is 2. The van der Waals surface area contributed by atoms with Gasteiger partial charge in [0, 0.05) is 12.6 Å². The summed E-state index contributed by atoms with van der Waals surface area (Å²) in [6, 6.07) is 4.11. The average molecular weight is 248 g/mol. The second-order valence-corrected chi connectivity index (χ2v) is 4.78. The molecule has 0 amide bonds. The van der Waals surface area contributed by atoms with Gasteiger partial charge in [-0.2, -0.15) is 0 Å². The van der Waals surface area contributed by atoms with Crippen molar-refractivity contribution in [3.8, 4) is 0 Å². The molecule has 2 atom stereocenters. The zero-order valence-electron chi connectivity index (χ0n) is 10.5. The number of morpholine rings is 1. The van der Waals surface area contributed by atoms with Crippen molar-refractivity contribution in [2.45, 2.75) is 26.0 Å². The molecule has 1 aromatic carbocycles. The first-order chi connectivity index (χ1) is 8.66.